The number of hydrogen-bond donors (Lipinski definition) is 0. The first-order chi connectivity index (χ1) is 10.4. The molecule has 2 aliphatic rings. The third kappa shape index (κ3) is 2.75. The number of fused-ring (bicyclic) bond motifs is 1. The lowest BCUT2D eigenvalue weighted by Gasteiger charge is -2.40. The van der Waals surface area contributed by atoms with E-state index in [2.05, 4.69) is 20.9 Å². The fraction of sp³-hybridized carbons (Fsp3) is 0.600. The van der Waals surface area contributed by atoms with Crippen LogP contribution in [0.4, 0.5) is 5.13 Å². The Bertz CT molecular complexity index is 569. The molecule has 2 aliphatic heterocycles. The smallest absolute Gasteiger partial charge is 0.186 e. The maximum Gasteiger partial charge on any atom is 0.186 e. The molecule has 6 heteroatoms. The highest BCUT2D eigenvalue weighted by molar-refractivity contribution is 7.22. The van der Waals surface area contributed by atoms with E-state index < -0.39 is 0 Å². The van der Waals surface area contributed by atoms with Crippen LogP contribution in [0.15, 0.2) is 18.5 Å². The molecule has 0 spiro atoms. The van der Waals surface area contributed by atoms with Gasteiger partial charge in [-0.3, -0.25) is 9.88 Å². The number of rotatable bonds is 2. The van der Waals surface area contributed by atoms with Crippen molar-refractivity contribution in [3.05, 3.63) is 18.5 Å². The fourth-order valence-electron chi connectivity index (χ4n) is 3.27. The van der Waals surface area contributed by atoms with E-state index in [1.165, 1.54) is 17.5 Å². The topological polar surface area (TPSA) is 41.5 Å². The van der Waals surface area contributed by atoms with Gasteiger partial charge in [0.25, 0.3) is 0 Å². The van der Waals surface area contributed by atoms with Crippen LogP contribution in [0.25, 0.3) is 10.2 Å². The number of ether oxygens (including phenoxy) is 1. The number of aromatic nitrogens is 2. The zero-order chi connectivity index (χ0) is 14.1. The Morgan fingerprint density at radius 3 is 2.71 bits per heavy atom. The highest BCUT2D eigenvalue weighted by Crippen LogP contribution is 2.30. The predicted molar refractivity (Wildman–Crippen MR) is 85.0 cm³/mol. The maximum absolute atomic E-state index is 5.45. The van der Waals surface area contributed by atoms with E-state index >= 15 is 0 Å². The molecule has 0 N–H and O–H groups in total. The maximum atomic E-state index is 5.45. The summed E-state index contributed by atoms with van der Waals surface area (Å²) in [5.41, 5.74) is 1.02. The number of piperidine rings is 1. The van der Waals surface area contributed by atoms with Crippen molar-refractivity contribution < 1.29 is 4.74 Å². The van der Waals surface area contributed by atoms with Crippen LogP contribution in [0.1, 0.15) is 12.8 Å². The van der Waals surface area contributed by atoms with Crippen molar-refractivity contribution in [1.82, 2.24) is 14.9 Å². The van der Waals surface area contributed by atoms with Crippen LogP contribution in [0.2, 0.25) is 0 Å². The molecule has 4 heterocycles. The lowest BCUT2D eigenvalue weighted by Crippen LogP contribution is -2.49. The molecular formula is C15H20N4OS. The van der Waals surface area contributed by atoms with Gasteiger partial charge in [0.1, 0.15) is 5.52 Å². The Labute approximate surface area is 128 Å². The summed E-state index contributed by atoms with van der Waals surface area (Å²) in [6.45, 7) is 6.19. The molecule has 2 saturated heterocycles. The lowest BCUT2D eigenvalue weighted by atomic mass is 10.0. The standard InChI is InChI=1S/C15H20N4OS/c1-4-16-11-13-14(1)21-15(17-13)19-5-2-12(3-6-19)18-7-9-20-10-8-18/h1,4,11-12H,2-3,5-10H2. The minimum absolute atomic E-state index is 0.723. The van der Waals surface area contributed by atoms with Crippen LogP contribution in [-0.2, 0) is 4.74 Å². The van der Waals surface area contributed by atoms with Gasteiger partial charge >= 0.3 is 0 Å². The molecule has 0 amide bonds. The number of hydrogen-bond acceptors (Lipinski definition) is 6. The molecule has 5 nitrogen and oxygen atoms in total. The zero-order valence-corrected chi connectivity index (χ0v) is 12.9. The van der Waals surface area contributed by atoms with E-state index in [0.717, 1.165) is 56.1 Å². The molecule has 112 valence electrons. The fourth-order valence-corrected chi connectivity index (χ4v) is 4.25. The second-order valence-electron chi connectivity index (χ2n) is 5.71. The van der Waals surface area contributed by atoms with Gasteiger partial charge in [0, 0.05) is 38.4 Å². The average Bonchev–Trinajstić information content (AvgIpc) is 3.00. The van der Waals surface area contributed by atoms with Crippen molar-refractivity contribution in [2.24, 2.45) is 0 Å². The lowest BCUT2D eigenvalue weighted by molar-refractivity contribution is 0.0115. The van der Waals surface area contributed by atoms with Gasteiger partial charge in [-0.1, -0.05) is 11.3 Å². The van der Waals surface area contributed by atoms with Crippen molar-refractivity contribution in [2.75, 3.05) is 44.3 Å². The summed E-state index contributed by atoms with van der Waals surface area (Å²) in [5, 5.41) is 1.15. The summed E-state index contributed by atoms with van der Waals surface area (Å²) < 4.78 is 6.68. The molecule has 2 aromatic heterocycles. The van der Waals surface area contributed by atoms with E-state index in [1.54, 1.807) is 11.3 Å². The Kier molecular flexibility index (Phi) is 3.75. The summed E-state index contributed by atoms with van der Waals surface area (Å²) in [4.78, 5) is 13.9. The van der Waals surface area contributed by atoms with Crippen LogP contribution in [-0.4, -0.2) is 60.3 Å². The third-order valence-corrected chi connectivity index (χ3v) is 5.57. The minimum atomic E-state index is 0.723. The van der Waals surface area contributed by atoms with Gasteiger partial charge in [0.15, 0.2) is 5.13 Å². The van der Waals surface area contributed by atoms with Gasteiger partial charge in [0.05, 0.1) is 24.1 Å². The predicted octanol–water partition coefficient (Wildman–Crippen LogP) is 1.99. The molecule has 2 fully saturated rings. The van der Waals surface area contributed by atoms with Gasteiger partial charge < -0.3 is 9.64 Å². The number of morpholine rings is 1. The number of nitrogens with zero attached hydrogens (tertiary/aromatic N) is 4. The molecule has 0 bridgehead atoms. The first-order valence-electron chi connectivity index (χ1n) is 7.67. The second kappa shape index (κ2) is 5.87. The Morgan fingerprint density at radius 2 is 1.95 bits per heavy atom. The van der Waals surface area contributed by atoms with Crippen LogP contribution < -0.4 is 4.90 Å². The summed E-state index contributed by atoms with van der Waals surface area (Å²) >= 11 is 1.78. The van der Waals surface area contributed by atoms with Crippen molar-refractivity contribution in [3.63, 3.8) is 0 Å². The highest BCUT2D eigenvalue weighted by atomic mass is 32.1. The van der Waals surface area contributed by atoms with Crippen LogP contribution >= 0.6 is 11.3 Å². The molecule has 2 aromatic rings. The number of pyridine rings is 1. The molecule has 0 atom stereocenters. The third-order valence-electron chi connectivity index (χ3n) is 4.48. The molecule has 0 radical (unpaired) electrons. The van der Waals surface area contributed by atoms with Gasteiger partial charge in [-0.25, -0.2) is 4.98 Å². The van der Waals surface area contributed by atoms with Gasteiger partial charge in [-0.2, -0.15) is 0 Å². The van der Waals surface area contributed by atoms with Crippen LogP contribution in [0.3, 0.4) is 0 Å². The van der Waals surface area contributed by atoms with Crippen molar-refractivity contribution >= 4 is 26.7 Å². The molecular weight excluding hydrogens is 284 g/mol. The van der Waals surface area contributed by atoms with Crippen LogP contribution in [0, 0.1) is 0 Å². The SMILES string of the molecule is c1cc2sc(N3CCC(N4CCOCC4)CC3)nc2cn1. The second-order valence-corrected chi connectivity index (χ2v) is 6.72. The summed E-state index contributed by atoms with van der Waals surface area (Å²) in [6, 6.07) is 2.78. The average molecular weight is 304 g/mol. The Balaban J connectivity index is 1.42. The first-order valence-corrected chi connectivity index (χ1v) is 8.49. The van der Waals surface area contributed by atoms with Crippen molar-refractivity contribution in [2.45, 2.75) is 18.9 Å². The molecule has 21 heavy (non-hydrogen) atoms. The summed E-state index contributed by atoms with van der Waals surface area (Å²) in [6.07, 6.45) is 6.16. The van der Waals surface area contributed by atoms with Gasteiger partial charge in [-0.05, 0) is 18.9 Å². The number of thiazole rings is 1. The molecule has 0 unspecified atom stereocenters. The normalized spacial score (nSPS) is 22.0. The molecule has 4 rings (SSSR count). The summed E-state index contributed by atoms with van der Waals surface area (Å²) in [7, 11) is 0. The quantitative estimate of drug-likeness (QED) is 0.849. The van der Waals surface area contributed by atoms with E-state index in [4.69, 9.17) is 9.72 Å². The minimum Gasteiger partial charge on any atom is -0.379 e. The monoisotopic (exact) mass is 304 g/mol. The largest absolute Gasteiger partial charge is 0.379 e. The van der Waals surface area contributed by atoms with E-state index in [9.17, 15) is 0 Å². The van der Waals surface area contributed by atoms with E-state index in [0.29, 0.717) is 0 Å². The van der Waals surface area contributed by atoms with Gasteiger partial charge in [0.2, 0.25) is 0 Å². The highest BCUT2D eigenvalue weighted by Gasteiger charge is 2.26. The Hall–Kier alpha value is -1.24. The van der Waals surface area contributed by atoms with Gasteiger partial charge in [-0.15, -0.1) is 0 Å². The van der Waals surface area contributed by atoms with Crippen molar-refractivity contribution in [1.29, 1.82) is 0 Å². The van der Waals surface area contributed by atoms with E-state index in [1.807, 2.05) is 12.4 Å². The summed E-state index contributed by atoms with van der Waals surface area (Å²) in [5.74, 6) is 0. The number of anilines is 1. The molecule has 0 saturated carbocycles. The van der Waals surface area contributed by atoms with E-state index in [-0.39, 0.29) is 0 Å². The Morgan fingerprint density at radius 1 is 1.14 bits per heavy atom. The molecule has 0 aromatic carbocycles. The van der Waals surface area contributed by atoms with Crippen molar-refractivity contribution in [3.8, 4) is 0 Å². The first kappa shape index (κ1) is 13.4. The molecule has 0 aliphatic carbocycles. The zero-order valence-electron chi connectivity index (χ0n) is 12.1. The van der Waals surface area contributed by atoms with Crippen LogP contribution in [0.5, 0.6) is 0 Å².